The van der Waals surface area contributed by atoms with Gasteiger partial charge < -0.3 is 5.73 Å². The van der Waals surface area contributed by atoms with Crippen LogP contribution in [0, 0.1) is 10.1 Å². The lowest BCUT2D eigenvalue weighted by molar-refractivity contribution is -0.385. The smallest absolute Gasteiger partial charge is 0.343 e. The first kappa shape index (κ1) is 14.1. The Morgan fingerprint density at radius 2 is 2.25 bits per heavy atom. The van der Waals surface area contributed by atoms with Crippen LogP contribution in [-0.2, 0) is 6.54 Å². The minimum absolute atomic E-state index is 0.0903. The van der Waals surface area contributed by atoms with Crippen molar-refractivity contribution in [1.29, 1.82) is 0 Å². The van der Waals surface area contributed by atoms with Crippen LogP contribution in [0.5, 0.6) is 0 Å². The van der Waals surface area contributed by atoms with Crippen LogP contribution < -0.4 is 11.4 Å². The number of aromatic amines is 1. The Balaban J connectivity index is 2.35. The summed E-state index contributed by atoms with van der Waals surface area (Å²) in [5.41, 5.74) is 5.54. The molecule has 2 aromatic rings. The molecule has 1 aromatic carbocycles. The molecule has 0 amide bonds. The maximum Gasteiger partial charge on any atom is 0.343 e. The molecular formula is C11H13N5O3S. The topological polar surface area (TPSA) is 120 Å². The summed E-state index contributed by atoms with van der Waals surface area (Å²) in [6, 6.07) is 4.29. The average Bonchev–Trinajstić information content (AvgIpc) is 2.71. The van der Waals surface area contributed by atoms with E-state index in [0.717, 1.165) is 18.2 Å². The number of anilines is 1. The zero-order chi connectivity index (χ0) is 14.7. The molecule has 2 rings (SSSR count). The molecule has 0 fully saturated rings. The van der Waals surface area contributed by atoms with Crippen molar-refractivity contribution in [3.8, 4) is 0 Å². The van der Waals surface area contributed by atoms with Gasteiger partial charge in [0.15, 0.2) is 5.16 Å². The van der Waals surface area contributed by atoms with Gasteiger partial charge in [-0.05, 0) is 24.2 Å². The van der Waals surface area contributed by atoms with Crippen LogP contribution in [0.25, 0.3) is 0 Å². The molecule has 1 aromatic heterocycles. The lowest BCUT2D eigenvalue weighted by Crippen LogP contribution is -2.17. The summed E-state index contributed by atoms with van der Waals surface area (Å²) >= 11 is 1.16. The van der Waals surface area contributed by atoms with Crippen LogP contribution in [-0.4, -0.2) is 19.7 Å². The summed E-state index contributed by atoms with van der Waals surface area (Å²) in [6.07, 6.45) is 0.782. The normalized spacial score (nSPS) is 10.7. The molecule has 0 unspecified atom stereocenters. The Kier molecular flexibility index (Phi) is 4.08. The minimum atomic E-state index is -0.510. The third-order valence-corrected chi connectivity index (χ3v) is 3.47. The number of hydrogen-bond donors (Lipinski definition) is 2. The summed E-state index contributed by atoms with van der Waals surface area (Å²) in [7, 11) is 0. The first-order valence-electron chi connectivity index (χ1n) is 5.89. The molecule has 106 valence electrons. The number of nitrogens with one attached hydrogen (secondary N) is 1. The first-order chi connectivity index (χ1) is 9.51. The predicted molar refractivity (Wildman–Crippen MR) is 74.8 cm³/mol. The van der Waals surface area contributed by atoms with Gasteiger partial charge in [0.05, 0.1) is 4.92 Å². The largest absolute Gasteiger partial charge is 0.398 e. The average molecular weight is 295 g/mol. The highest BCUT2D eigenvalue weighted by molar-refractivity contribution is 7.99. The second-order valence-corrected chi connectivity index (χ2v) is 5.12. The Bertz CT molecular complexity index is 694. The third kappa shape index (κ3) is 2.99. The van der Waals surface area contributed by atoms with Crippen molar-refractivity contribution in [2.45, 2.75) is 29.9 Å². The number of nitrogens with two attached hydrogens (primary N) is 1. The molecule has 0 aliphatic carbocycles. The van der Waals surface area contributed by atoms with E-state index in [1.165, 1.54) is 16.7 Å². The number of rotatable bonds is 5. The molecule has 3 N–H and O–H groups in total. The monoisotopic (exact) mass is 295 g/mol. The highest BCUT2D eigenvalue weighted by Crippen LogP contribution is 2.30. The summed E-state index contributed by atoms with van der Waals surface area (Å²) < 4.78 is 1.49. The SMILES string of the molecule is CCCn1c(Sc2cc(N)cc([N+](=O)[O-])c2)n[nH]c1=O. The van der Waals surface area contributed by atoms with Crippen LogP contribution in [0.2, 0.25) is 0 Å². The van der Waals surface area contributed by atoms with Crippen molar-refractivity contribution in [1.82, 2.24) is 14.8 Å². The van der Waals surface area contributed by atoms with Crippen LogP contribution in [0.15, 0.2) is 33.0 Å². The molecule has 0 saturated carbocycles. The van der Waals surface area contributed by atoms with Gasteiger partial charge in [0.2, 0.25) is 0 Å². The van der Waals surface area contributed by atoms with E-state index in [-0.39, 0.29) is 11.4 Å². The van der Waals surface area contributed by atoms with Gasteiger partial charge in [-0.25, -0.2) is 9.89 Å². The van der Waals surface area contributed by atoms with E-state index in [0.29, 0.717) is 22.3 Å². The molecule has 0 aliphatic rings. The van der Waals surface area contributed by atoms with Gasteiger partial charge in [0, 0.05) is 29.3 Å². The quantitative estimate of drug-likeness (QED) is 0.491. The fourth-order valence-electron chi connectivity index (χ4n) is 1.68. The van der Waals surface area contributed by atoms with Crippen molar-refractivity contribution >= 4 is 23.1 Å². The van der Waals surface area contributed by atoms with Gasteiger partial charge in [-0.1, -0.05) is 6.92 Å². The fraction of sp³-hybridized carbons (Fsp3) is 0.273. The second-order valence-electron chi connectivity index (χ2n) is 4.08. The number of benzene rings is 1. The van der Waals surface area contributed by atoms with Crippen LogP contribution >= 0.6 is 11.8 Å². The summed E-state index contributed by atoms with van der Waals surface area (Å²) in [5, 5.41) is 17.5. The molecule has 9 heteroatoms. The highest BCUT2D eigenvalue weighted by atomic mass is 32.2. The maximum atomic E-state index is 11.6. The van der Waals surface area contributed by atoms with Crippen LogP contribution in [0.4, 0.5) is 11.4 Å². The van der Waals surface area contributed by atoms with Gasteiger partial charge in [0.25, 0.3) is 5.69 Å². The van der Waals surface area contributed by atoms with E-state index < -0.39 is 4.92 Å². The Morgan fingerprint density at radius 3 is 2.90 bits per heavy atom. The van der Waals surface area contributed by atoms with E-state index in [4.69, 9.17) is 5.73 Å². The number of nitro groups is 1. The lowest BCUT2D eigenvalue weighted by atomic mass is 10.3. The van der Waals surface area contributed by atoms with Crippen molar-refractivity contribution in [3.63, 3.8) is 0 Å². The Labute approximate surface area is 118 Å². The van der Waals surface area contributed by atoms with E-state index in [1.54, 1.807) is 6.07 Å². The first-order valence-corrected chi connectivity index (χ1v) is 6.71. The molecule has 0 saturated heterocycles. The van der Waals surface area contributed by atoms with Crippen molar-refractivity contribution < 1.29 is 4.92 Å². The molecule has 0 spiro atoms. The van der Waals surface area contributed by atoms with Crippen LogP contribution in [0.3, 0.4) is 0 Å². The standard InChI is InChI=1S/C11H13N5O3S/c1-2-3-15-10(17)13-14-11(15)20-9-5-7(12)4-8(6-9)16(18)19/h4-6H,2-3,12H2,1H3,(H,13,17). The maximum absolute atomic E-state index is 11.6. The molecule has 8 nitrogen and oxygen atoms in total. The van der Waals surface area contributed by atoms with E-state index in [9.17, 15) is 14.9 Å². The Morgan fingerprint density at radius 1 is 1.50 bits per heavy atom. The second kappa shape index (κ2) is 5.78. The number of aromatic nitrogens is 3. The third-order valence-electron chi connectivity index (χ3n) is 2.50. The highest BCUT2D eigenvalue weighted by Gasteiger charge is 2.13. The lowest BCUT2D eigenvalue weighted by Gasteiger charge is -2.04. The van der Waals surface area contributed by atoms with Gasteiger partial charge in [-0.2, -0.15) is 0 Å². The summed E-state index contributed by atoms with van der Waals surface area (Å²) in [4.78, 5) is 22.4. The van der Waals surface area contributed by atoms with Crippen molar-refractivity contribution in [2.24, 2.45) is 0 Å². The molecule has 0 atom stereocenters. The molecule has 1 heterocycles. The summed E-state index contributed by atoms with van der Waals surface area (Å²) in [5.74, 6) is 0. The van der Waals surface area contributed by atoms with Gasteiger partial charge >= 0.3 is 5.69 Å². The number of H-pyrrole nitrogens is 1. The molecule has 0 radical (unpaired) electrons. The van der Waals surface area contributed by atoms with E-state index >= 15 is 0 Å². The molecule has 20 heavy (non-hydrogen) atoms. The van der Waals surface area contributed by atoms with Gasteiger partial charge in [-0.3, -0.25) is 14.7 Å². The van der Waals surface area contributed by atoms with Gasteiger partial charge in [0.1, 0.15) is 0 Å². The van der Waals surface area contributed by atoms with Gasteiger partial charge in [-0.15, -0.1) is 5.10 Å². The van der Waals surface area contributed by atoms with E-state index in [1.807, 2.05) is 6.92 Å². The number of hydrogen-bond acceptors (Lipinski definition) is 6. The van der Waals surface area contributed by atoms with Crippen LogP contribution in [0.1, 0.15) is 13.3 Å². The zero-order valence-electron chi connectivity index (χ0n) is 10.7. The number of non-ortho nitro benzene ring substituents is 1. The number of nitrogen functional groups attached to an aromatic ring is 1. The van der Waals surface area contributed by atoms with E-state index in [2.05, 4.69) is 10.2 Å². The zero-order valence-corrected chi connectivity index (χ0v) is 11.5. The number of nitro benzene ring substituents is 1. The number of nitrogens with zero attached hydrogens (tertiary/aromatic N) is 3. The minimum Gasteiger partial charge on any atom is -0.398 e. The molecule has 0 aliphatic heterocycles. The Hall–Kier alpha value is -2.29. The summed E-state index contributed by atoms with van der Waals surface area (Å²) in [6.45, 7) is 2.47. The van der Waals surface area contributed by atoms with Crippen molar-refractivity contribution in [3.05, 3.63) is 38.8 Å². The molecule has 0 bridgehead atoms. The predicted octanol–water partition coefficient (Wildman–Crippen LogP) is 1.62. The molecular weight excluding hydrogens is 282 g/mol. The fourth-order valence-corrected chi connectivity index (χ4v) is 2.64. The van der Waals surface area contributed by atoms with Crippen molar-refractivity contribution in [2.75, 3.05) is 5.73 Å².